The van der Waals surface area contributed by atoms with Crippen molar-refractivity contribution >= 4 is 17.5 Å². The van der Waals surface area contributed by atoms with Crippen LogP contribution in [0.5, 0.6) is 0 Å². The highest BCUT2D eigenvalue weighted by atomic mass is 35.5. The van der Waals surface area contributed by atoms with E-state index in [4.69, 9.17) is 16.3 Å². The lowest BCUT2D eigenvalue weighted by Gasteiger charge is -2.23. The quantitative estimate of drug-likeness (QED) is 0.830. The van der Waals surface area contributed by atoms with Crippen molar-refractivity contribution in [2.24, 2.45) is 0 Å². The van der Waals surface area contributed by atoms with Crippen molar-refractivity contribution in [1.82, 2.24) is 5.32 Å². The molecule has 0 aromatic heterocycles. The van der Waals surface area contributed by atoms with Crippen LogP contribution in [0, 0.1) is 0 Å². The maximum absolute atomic E-state index is 11.8. The molecule has 4 nitrogen and oxygen atoms in total. The molecule has 2 N–H and O–H groups in total. The predicted octanol–water partition coefficient (Wildman–Crippen LogP) is 1.86. The first-order valence-corrected chi connectivity index (χ1v) is 6.07. The maximum Gasteiger partial charge on any atom is 0.251 e. The monoisotopic (exact) mass is 271 g/mol. The second-order valence-electron chi connectivity index (χ2n) is 4.43. The topological polar surface area (TPSA) is 58.6 Å². The van der Waals surface area contributed by atoms with Crippen LogP contribution in [-0.4, -0.2) is 36.9 Å². The lowest BCUT2D eigenvalue weighted by Crippen LogP contribution is -2.41. The number of ether oxygens (including phenoxy) is 1. The summed E-state index contributed by atoms with van der Waals surface area (Å²) >= 11 is 5.74. The molecule has 0 bridgehead atoms. The average Bonchev–Trinajstić information content (AvgIpc) is 2.35. The summed E-state index contributed by atoms with van der Waals surface area (Å²) in [5, 5.41) is 13.2. The number of hydrogen-bond acceptors (Lipinski definition) is 3. The minimum atomic E-state index is -0.974. The molecule has 1 rings (SSSR count). The third kappa shape index (κ3) is 5.04. The van der Waals surface area contributed by atoms with Gasteiger partial charge in [-0.15, -0.1) is 0 Å². The van der Waals surface area contributed by atoms with E-state index in [1.165, 1.54) is 0 Å². The van der Waals surface area contributed by atoms with E-state index >= 15 is 0 Å². The van der Waals surface area contributed by atoms with Crippen LogP contribution in [0.15, 0.2) is 24.3 Å². The number of methoxy groups -OCH3 is 1. The zero-order chi connectivity index (χ0) is 13.6. The Morgan fingerprint density at radius 1 is 1.44 bits per heavy atom. The van der Waals surface area contributed by atoms with Gasteiger partial charge >= 0.3 is 0 Å². The van der Waals surface area contributed by atoms with Crippen molar-refractivity contribution in [2.75, 3.05) is 20.3 Å². The Kier molecular flexibility index (Phi) is 5.59. The highest BCUT2D eigenvalue weighted by Gasteiger charge is 2.21. The molecule has 18 heavy (non-hydrogen) atoms. The summed E-state index contributed by atoms with van der Waals surface area (Å²) in [6, 6.07) is 6.59. The molecule has 0 saturated heterocycles. The predicted molar refractivity (Wildman–Crippen MR) is 70.9 cm³/mol. The van der Waals surface area contributed by atoms with Gasteiger partial charge in [-0.25, -0.2) is 0 Å². The number of rotatable bonds is 6. The molecule has 0 aliphatic heterocycles. The van der Waals surface area contributed by atoms with Crippen LogP contribution in [0.3, 0.4) is 0 Å². The lowest BCUT2D eigenvalue weighted by atomic mass is 10.0. The van der Waals surface area contributed by atoms with E-state index in [2.05, 4.69) is 5.32 Å². The molecule has 1 atom stereocenters. The molecule has 0 fully saturated rings. The van der Waals surface area contributed by atoms with E-state index in [-0.39, 0.29) is 12.5 Å². The fourth-order valence-electron chi connectivity index (χ4n) is 1.38. The van der Waals surface area contributed by atoms with Crippen molar-refractivity contribution in [3.8, 4) is 0 Å². The summed E-state index contributed by atoms with van der Waals surface area (Å²) in [5.41, 5.74) is -0.458. The molecule has 0 saturated carbocycles. The molecule has 0 heterocycles. The Labute approximate surface area is 112 Å². The highest BCUT2D eigenvalue weighted by Crippen LogP contribution is 2.11. The minimum absolute atomic E-state index is 0.178. The Hall–Kier alpha value is -1.10. The van der Waals surface area contributed by atoms with Gasteiger partial charge in [-0.05, 0) is 31.2 Å². The van der Waals surface area contributed by atoms with Crippen molar-refractivity contribution in [3.63, 3.8) is 0 Å². The molecule has 1 unspecified atom stereocenters. The van der Waals surface area contributed by atoms with Crippen LogP contribution in [-0.2, 0) is 4.74 Å². The van der Waals surface area contributed by atoms with E-state index < -0.39 is 5.60 Å². The SMILES string of the molecule is COCCC(C)(O)CNC(=O)c1ccc(Cl)cc1. The summed E-state index contributed by atoms with van der Waals surface area (Å²) in [5.74, 6) is -0.232. The van der Waals surface area contributed by atoms with Gasteiger partial charge in [0.15, 0.2) is 0 Å². The standard InChI is InChI=1S/C13H18ClNO3/c1-13(17,7-8-18-2)9-15-12(16)10-3-5-11(14)6-4-10/h3-6,17H,7-9H2,1-2H3,(H,15,16). The second-order valence-corrected chi connectivity index (χ2v) is 4.87. The van der Waals surface area contributed by atoms with Crippen molar-refractivity contribution in [1.29, 1.82) is 0 Å². The molecule has 0 aliphatic rings. The van der Waals surface area contributed by atoms with E-state index in [0.29, 0.717) is 23.6 Å². The summed E-state index contributed by atoms with van der Waals surface area (Å²) in [6.45, 7) is 2.29. The van der Waals surface area contributed by atoms with Gasteiger partial charge in [-0.2, -0.15) is 0 Å². The summed E-state index contributed by atoms with van der Waals surface area (Å²) in [4.78, 5) is 11.8. The van der Waals surface area contributed by atoms with Gasteiger partial charge in [-0.1, -0.05) is 11.6 Å². The number of amides is 1. The lowest BCUT2D eigenvalue weighted by molar-refractivity contribution is 0.0243. The smallest absolute Gasteiger partial charge is 0.251 e. The summed E-state index contributed by atoms with van der Waals surface area (Å²) < 4.78 is 4.89. The molecule has 0 radical (unpaired) electrons. The van der Waals surface area contributed by atoms with E-state index in [0.717, 1.165) is 0 Å². The van der Waals surface area contributed by atoms with Gasteiger partial charge in [0.1, 0.15) is 0 Å². The van der Waals surface area contributed by atoms with E-state index in [9.17, 15) is 9.90 Å². The normalized spacial score (nSPS) is 14.0. The van der Waals surface area contributed by atoms with Gasteiger partial charge < -0.3 is 15.2 Å². The first-order chi connectivity index (χ1) is 8.44. The van der Waals surface area contributed by atoms with Gasteiger partial charge in [0.2, 0.25) is 0 Å². The largest absolute Gasteiger partial charge is 0.388 e. The third-order valence-corrected chi connectivity index (χ3v) is 2.83. The Balaban J connectivity index is 2.48. The first-order valence-electron chi connectivity index (χ1n) is 5.70. The fourth-order valence-corrected chi connectivity index (χ4v) is 1.51. The van der Waals surface area contributed by atoms with Crippen LogP contribution in [0.1, 0.15) is 23.7 Å². The Morgan fingerprint density at radius 3 is 2.61 bits per heavy atom. The van der Waals surface area contributed by atoms with Crippen LogP contribution < -0.4 is 5.32 Å². The third-order valence-electron chi connectivity index (χ3n) is 2.58. The van der Waals surface area contributed by atoms with Crippen LogP contribution in [0.4, 0.5) is 0 Å². The number of aliphatic hydroxyl groups is 1. The first kappa shape index (κ1) is 15.0. The van der Waals surface area contributed by atoms with E-state index in [1.54, 1.807) is 38.3 Å². The average molecular weight is 272 g/mol. The molecule has 0 aliphatic carbocycles. The molecule has 0 spiro atoms. The summed E-state index contributed by atoms with van der Waals surface area (Å²) in [7, 11) is 1.57. The Bertz CT molecular complexity index is 390. The van der Waals surface area contributed by atoms with Gasteiger partial charge in [0.05, 0.1) is 5.60 Å². The van der Waals surface area contributed by atoms with Crippen molar-refractivity contribution in [3.05, 3.63) is 34.9 Å². The minimum Gasteiger partial charge on any atom is -0.388 e. The zero-order valence-electron chi connectivity index (χ0n) is 10.6. The molecule has 1 aromatic rings. The number of benzene rings is 1. The number of carbonyl (C=O) groups is 1. The fraction of sp³-hybridized carbons (Fsp3) is 0.462. The maximum atomic E-state index is 11.8. The van der Waals surface area contributed by atoms with Gasteiger partial charge in [-0.3, -0.25) is 4.79 Å². The highest BCUT2D eigenvalue weighted by molar-refractivity contribution is 6.30. The van der Waals surface area contributed by atoms with Crippen molar-refractivity contribution in [2.45, 2.75) is 18.9 Å². The number of hydrogen-bond donors (Lipinski definition) is 2. The number of nitrogens with one attached hydrogen (secondary N) is 1. The molecule has 5 heteroatoms. The molecular weight excluding hydrogens is 254 g/mol. The summed E-state index contributed by atoms with van der Waals surface area (Å²) in [6.07, 6.45) is 0.463. The second kappa shape index (κ2) is 6.73. The number of carbonyl (C=O) groups excluding carboxylic acids is 1. The zero-order valence-corrected chi connectivity index (χ0v) is 11.3. The Morgan fingerprint density at radius 2 is 2.06 bits per heavy atom. The van der Waals surface area contributed by atoms with E-state index in [1.807, 2.05) is 0 Å². The molecular formula is C13H18ClNO3. The van der Waals surface area contributed by atoms with Crippen LogP contribution in [0.2, 0.25) is 5.02 Å². The molecule has 1 aromatic carbocycles. The molecule has 1 amide bonds. The van der Waals surface area contributed by atoms with Crippen LogP contribution in [0.25, 0.3) is 0 Å². The van der Waals surface area contributed by atoms with Crippen molar-refractivity contribution < 1.29 is 14.6 Å². The number of halogens is 1. The van der Waals surface area contributed by atoms with Gasteiger partial charge in [0, 0.05) is 37.3 Å². The van der Waals surface area contributed by atoms with Gasteiger partial charge in [0.25, 0.3) is 5.91 Å². The van der Waals surface area contributed by atoms with Crippen LogP contribution >= 0.6 is 11.6 Å². The molecule has 100 valence electrons.